The summed E-state index contributed by atoms with van der Waals surface area (Å²) in [6.07, 6.45) is 2.51. The van der Waals surface area contributed by atoms with Crippen LogP contribution in [0.4, 0.5) is 0 Å². The van der Waals surface area contributed by atoms with Crippen molar-refractivity contribution in [1.29, 1.82) is 0 Å². The highest BCUT2D eigenvalue weighted by atomic mass is 35.5. The van der Waals surface area contributed by atoms with Crippen LogP contribution in [0.2, 0.25) is 5.15 Å². The van der Waals surface area contributed by atoms with Gasteiger partial charge >= 0.3 is 0 Å². The Morgan fingerprint density at radius 3 is 2.40 bits per heavy atom. The van der Waals surface area contributed by atoms with Crippen LogP contribution < -0.4 is 0 Å². The van der Waals surface area contributed by atoms with Crippen molar-refractivity contribution in [2.45, 2.75) is 58.2 Å². The smallest absolute Gasteiger partial charge is 0.138 e. The van der Waals surface area contributed by atoms with Crippen LogP contribution in [0.5, 0.6) is 0 Å². The lowest BCUT2D eigenvalue weighted by Gasteiger charge is -2.41. The molecule has 6 heteroatoms. The Kier molecular flexibility index (Phi) is 5.83. The maximum atomic E-state index is 12.7. The largest absolute Gasteiger partial charge is 0.597 e. The number of aromatic nitrogens is 1. The summed E-state index contributed by atoms with van der Waals surface area (Å²) in [4.78, 5) is 4.09. The molecule has 1 heterocycles. The van der Waals surface area contributed by atoms with E-state index < -0.39 is 16.9 Å². The van der Waals surface area contributed by atoms with Crippen LogP contribution in [0, 0.1) is 6.92 Å². The molecule has 1 aromatic heterocycles. The van der Waals surface area contributed by atoms with Crippen molar-refractivity contribution in [2.75, 3.05) is 0 Å². The maximum Gasteiger partial charge on any atom is 0.138 e. The van der Waals surface area contributed by atoms with E-state index in [0.29, 0.717) is 5.15 Å². The van der Waals surface area contributed by atoms with Gasteiger partial charge in [-0.15, -0.1) is 0 Å². The van der Waals surface area contributed by atoms with E-state index in [9.17, 15) is 4.55 Å². The van der Waals surface area contributed by atoms with E-state index in [0.717, 1.165) is 17.5 Å². The first-order valence-corrected chi connectivity index (χ1v) is 8.46. The Hall–Kier alpha value is 0.0600. The van der Waals surface area contributed by atoms with Crippen LogP contribution in [0.15, 0.2) is 12.3 Å². The lowest BCUT2D eigenvalue weighted by molar-refractivity contribution is 0.306. The van der Waals surface area contributed by atoms with Gasteiger partial charge in [0.2, 0.25) is 0 Å². The minimum absolute atomic E-state index is 0.372. The molecule has 0 saturated carbocycles. The predicted molar refractivity (Wildman–Crippen MR) is 90.3 cm³/mol. The second-order valence-electron chi connectivity index (χ2n) is 6.08. The standard InChI is InChI=1S/C14H23ClN2OS2/c1-7-14(6,17(19)20(18)13(3,4)5)11-8-12(15)16-9-10(11)2/h8-9,19H,7H2,1-6H3/t14-,20-/m0/s1. The van der Waals surface area contributed by atoms with Crippen LogP contribution in [0.3, 0.4) is 0 Å². The minimum Gasteiger partial charge on any atom is -0.597 e. The highest BCUT2D eigenvalue weighted by Gasteiger charge is 2.44. The number of aryl methyl sites for hydroxylation is 1. The lowest BCUT2D eigenvalue weighted by atomic mass is 9.88. The molecule has 0 unspecified atom stereocenters. The molecule has 0 aliphatic rings. The normalized spacial score (nSPS) is 17.1. The average molecular weight is 335 g/mol. The molecular weight excluding hydrogens is 312 g/mol. The summed E-state index contributed by atoms with van der Waals surface area (Å²) in [7, 11) is 0. The summed E-state index contributed by atoms with van der Waals surface area (Å²) in [5.74, 6) is 0. The molecule has 0 radical (unpaired) electrons. The fraction of sp³-hybridized carbons (Fsp3) is 0.643. The number of hydrogen-bond donors (Lipinski definition) is 1. The van der Waals surface area contributed by atoms with E-state index in [4.69, 9.17) is 11.6 Å². The van der Waals surface area contributed by atoms with Crippen LogP contribution in [-0.2, 0) is 16.9 Å². The Balaban J connectivity index is 3.30. The second kappa shape index (κ2) is 6.44. The Labute approximate surface area is 136 Å². The molecule has 114 valence electrons. The van der Waals surface area contributed by atoms with E-state index in [1.165, 1.54) is 0 Å². The van der Waals surface area contributed by atoms with E-state index >= 15 is 0 Å². The predicted octanol–water partition coefficient (Wildman–Crippen LogP) is 4.28. The van der Waals surface area contributed by atoms with Gasteiger partial charge in [0, 0.05) is 6.20 Å². The van der Waals surface area contributed by atoms with Crippen molar-refractivity contribution >= 4 is 35.8 Å². The lowest BCUT2D eigenvalue weighted by Crippen LogP contribution is -2.48. The second-order valence-corrected chi connectivity index (χ2v) is 9.23. The van der Waals surface area contributed by atoms with Crippen molar-refractivity contribution in [2.24, 2.45) is 0 Å². The number of pyridine rings is 1. The Bertz CT molecular complexity index is 479. The molecule has 0 bridgehead atoms. The number of thiol groups is 1. The molecule has 0 amide bonds. The number of halogens is 1. The first-order valence-electron chi connectivity index (χ1n) is 6.57. The average Bonchev–Trinajstić information content (AvgIpc) is 2.37. The fourth-order valence-electron chi connectivity index (χ4n) is 1.95. The molecule has 1 rings (SSSR count). The number of rotatable bonds is 4. The zero-order valence-corrected chi connectivity index (χ0v) is 15.4. The summed E-state index contributed by atoms with van der Waals surface area (Å²) in [6.45, 7) is 11.9. The maximum absolute atomic E-state index is 12.7. The summed E-state index contributed by atoms with van der Waals surface area (Å²) in [5.41, 5.74) is 1.55. The summed E-state index contributed by atoms with van der Waals surface area (Å²) in [5, 5.41) is 0.438. The van der Waals surface area contributed by atoms with Crippen LogP contribution in [0.1, 0.15) is 52.2 Å². The third kappa shape index (κ3) is 3.63. The van der Waals surface area contributed by atoms with E-state index in [-0.39, 0.29) is 4.75 Å². The number of hydrogen-bond acceptors (Lipinski definition) is 4. The third-order valence-electron chi connectivity index (χ3n) is 3.44. The molecular formula is C14H23ClN2OS2. The monoisotopic (exact) mass is 334 g/mol. The van der Waals surface area contributed by atoms with Crippen LogP contribution >= 0.6 is 24.4 Å². The summed E-state index contributed by atoms with van der Waals surface area (Å²) >= 11 is 9.33. The Morgan fingerprint density at radius 2 is 1.95 bits per heavy atom. The molecule has 0 saturated heterocycles. The highest BCUT2D eigenvalue weighted by Crippen LogP contribution is 2.40. The summed E-state index contributed by atoms with van der Waals surface area (Å²) < 4.78 is 13.9. The van der Waals surface area contributed by atoms with Crippen LogP contribution in [-0.4, -0.2) is 18.0 Å². The van der Waals surface area contributed by atoms with Gasteiger partial charge in [0.25, 0.3) is 0 Å². The van der Waals surface area contributed by atoms with Gasteiger partial charge < -0.3 is 4.55 Å². The summed E-state index contributed by atoms with van der Waals surface area (Å²) in [6, 6.07) is 1.84. The van der Waals surface area contributed by atoms with Crippen molar-refractivity contribution in [3.05, 3.63) is 28.5 Å². The zero-order chi connectivity index (χ0) is 15.7. The van der Waals surface area contributed by atoms with Gasteiger partial charge in [0.15, 0.2) is 0 Å². The van der Waals surface area contributed by atoms with Gasteiger partial charge in [-0.25, -0.2) is 4.98 Å². The molecule has 0 spiro atoms. The van der Waals surface area contributed by atoms with E-state index in [2.05, 4.69) is 24.7 Å². The van der Waals surface area contributed by atoms with Gasteiger partial charge in [-0.05, 0) is 71.0 Å². The Morgan fingerprint density at radius 1 is 1.40 bits per heavy atom. The molecule has 1 aromatic rings. The third-order valence-corrected chi connectivity index (χ3v) is 6.30. The first kappa shape index (κ1) is 18.1. The zero-order valence-electron chi connectivity index (χ0n) is 12.9. The SMILES string of the molecule is CC[C@@](C)(c1cc(Cl)ncc1C)N(S)[S@@+]([O-])C(C)(C)C. The molecule has 0 fully saturated rings. The van der Waals surface area contributed by atoms with Gasteiger partial charge in [0.1, 0.15) is 15.4 Å². The van der Waals surface area contributed by atoms with Gasteiger partial charge in [-0.2, -0.15) is 0 Å². The van der Waals surface area contributed by atoms with Gasteiger partial charge in [0.05, 0.1) is 11.4 Å². The number of nitrogens with zero attached hydrogens (tertiary/aromatic N) is 2. The molecule has 3 nitrogen and oxygen atoms in total. The quantitative estimate of drug-likeness (QED) is 0.507. The van der Waals surface area contributed by atoms with E-state index in [1.54, 1.807) is 9.91 Å². The fourth-order valence-corrected chi connectivity index (χ4v) is 4.20. The molecule has 0 aliphatic carbocycles. The van der Waals surface area contributed by atoms with E-state index in [1.807, 2.05) is 40.7 Å². The topological polar surface area (TPSA) is 39.2 Å². The van der Waals surface area contributed by atoms with Crippen molar-refractivity contribution in [3.8, 4) is 0 Å². The highest BCUT2D eigenvalue weighted by molar-refractivity contribution is 8.00. The van der Waals surface area contributed by atoms with Crippen molar-refractivity contribution in [3.63, 3.8) is 0 Å². The minimum atomic E-state index is -1.23. The van der Waals surface area contributed by atoms with Gasteiger partial charge in [-0.3, -0.25) is 0 Å². The molecule has 0 aromatic carbocycles. The van der Waals surface area contributed by atoms with Crippen molar-refractivity contribution in [1.82, 2.24) is 8.69 Å². The van der Waals surface area contributed by atoms with Crippen LogP contribution in [0.25, 0.3) is 0 Å². The molecule has 20 heavy (non-hydrogen) atoms. The van der Waals surface area contributed by atoms with Crippen molar-refractivity contribution < 1.29 is 4.55 Å². The molecule has 2 atom stereocenters. The first-order chi connectivity index (χ1) is 9.04. The molecule has 0 aliphatic heterocycles. The molecule has 0 N–H and O–H groups in total. The van der Waals surface area contributed by atoms with Gasteiger partial charge in [-0.1, -0.05) is 22.2 Å².